The van der Waals surface area contributed by atoms with Gasteiger partial charge in [0, 0.05) is 47.1 Å². The second-order valence-electron chi connectivity index (χ2n) is 8.30. The molecule has 0 aliphatic carbocycles. The molecule has 0 fully saturated rings. The fourth-order valence-electron chi connectivity index (χ4n) is 4.12. The molecule has 33 heavy (non-hydrogen) atoms. The number of benzene rings is 3. The highest BCUT2D eigenvalue weighted by Crippen LogP contribution is 2.42. The lowest BCUT2D eigenvalue weighted by molar-refractivity contribution is 0.593. The lowest BCUT2D eigenvalue weighted by Crippen LogP contribution is -1.85. The number of fused-ring (bicyclic) bond motifs is 1. The van der Waals surface area contributed by atoms with Crippen LogP contribution in [0.5, 0.6) is 0 Å². The Bertz CT molecular complexity index is 1530. The van der Waals surface area contributed by atoms with E-state index in [0.717, 1.165) is 44.3 Å². The van der Waals surface area contributed by atoms with Crippen molar-refractivity contribution in [3.8, 4) is 28.5 Å². The van der Waals surface area contributed by atoms with Gasteiger partial charge in [0.25, 0.3) is 0 Å². The Kier molecular flexibility index (Phi) is 5.16. The molecule has 3 aromatic carbocycles. The first-order chi connectivity index (χ1) is 16.0. The molecule has 0 bridgehead atoms. The molecule has 4 nitrogen and oxygen atoms in total. The molecule has 5 aromatic rings. The van der Waals surface area contributed by atoms with E-state index in [1.165, 1.54) is 0 Å². The Morgan fingerprint density at radius 3 is 2.18 bits per heavy atom. The minimum Gasteiger partial charge on any atom is -0.436 e. The van der Waals surface area contributed by atoms with Crippen molar-refractivity contribution in [1.82, 2.24) is 4.57 Å². The van der Waals surface area contributed by atoms with Crippen LogP contribution in [-0.2, 0) is 7.05 Å². The number of nitriles is 1. The normalized spacial score (nSPS) is 11.3. The van der Waals surface area contributed by atoms with Gasteiger partial charge >= 0.3 is 0 Å². The second-order valence-corrected chi connectivity index (χ2v) is 8.30. The van der Waals surface area contributed by atoms with Crippen molar-refractivity contribution in [3.05, 3.63) is 101 Å². The predicted octanol–water partition coefficient (Wildman–Crippen LogP) is 7.34. The van der Waals surface area contributed by atoms with E-state index < -0.39 is 0 Å². The molecule has 0 aliphatic rings. The molecule has 4 heteroatoms. The minimum atomic E-state index is 0.316. The lowest BCUT2D eigenvalue weighted by Gasteiger charge is -2.05. The van der Waals surface area contributed by atoms with Crippen LogP contribution >= 0.6 is 0 Å². The summed E-state index contributed by atoms with van der Waals surface area (Å²) in [4.78, 5) is 4.65. The lowest BCUT2D eigenvalue weighted by atomic mass is 9.97. The zero-order valence-electron chi connectivity index (χ0n) is 18.8. The molecule has 160 valence electrons. The van der Waals surface area contributed by atoms with E-state index in [9.17, 15) is 5.26 Å². The maximum atomic E-state index is 10.1. The van der Waals surface area contributed by atoms with Crippen LogP contribution in [0, 0.1) is 25.2 Å². The summed E-state index contributed by atoms with van der Waals surface area (Å²) in [6, 6.07) is 26.8. The van der Waals surface area contributed by atoms with E-state index in [0.29, 0.717) is 17.2 Å². The quantitative estimate of drug-likeness (QED) is 0.281. The molecule has 0 saturated carbocycles. The van der Waals surface area contributed by atoms with Crippen molar-refractivity contribution in [2.75, 3.05) is 0 Å². The zero-order chi connectivity index (χ0) is 22.9. The van der Waals surface area contributed by atoms with Crippen LogP contribution in [0.2, 0.25) is 0 Å². The van der Waals surface area contributed by atoms with Crippen molar-refractivity contribution in [2.45, 2.75) is 13.8 Å². The summed E-state index contributed by atoms with van der Waals surface area (Å²) >= 11 is 0. The smallest absolute Gasteiger partial charge is 0.238 e. The van der Waals surface area contributed by atoms with Crippen LogP contribution in [0.1, 0.15) is 22.3 Å². The van der Waals surface area contributed by atoms with Gasteiger partial charge in [-0.1, -0.05) is 77.9 Å². The number of hydrogen-bond acceptors (Lipinski definition) is 3. The average Bonchev–Trinajstić information content (AvgIpc) is 3.36. The number of nitrogens with zero attached hydrogens (tertiary/aromatic N) is 3. The van der Waals surface area contributed by atoms with E-state index >= 15 is 0 Å². The Labute approximate surface area is 193 Å². The molecule has 0 atom stereocenters. The molecule has 2 heterocycles. The predicted molar refractivity (Wildman–Crippen MR) is 134 cm³/mol. The highest BCUT2D eigenvalue weighted by molar-refractivity contribution is 6.00. The van der Waals surface area contributed by atoms with E-state index in [1.807, 2.05) is 87.8 Å². The molecule has 5 rings (SSSR count). The molecular weight excluding hydrogens is 406 g/mol. The summed E-state index contributed by atoms with van der Waals surface area (Å²) in [7, 11) is 2.01. The SMILES string of the molecule is Cc1ccc(-c2oc(N=Cc3cn(C)c4ccccc34)c(C#N)c2-c2ccc(C)cc2)cc1. The van der Waals surface area contributed by atoms with Crippen molar-refractivity contribution < 1.29 is 4.42 Å². The summed E-state index contributed by atoms with van der Waals surface area (Å²) in [5.41, 5.74) is 7.48. The first kappa shape index (κ1) is 20.5. The van der Waals surface area contributed by atoms with Gasteiger partial charge in [-0.15, -0.1) is 0 Å². The number of rotatable bonds is 4. The summed E-state index contributed by atoms with van der Waals surface area (Å²) in [6.45, 7) is 4.10. The van der Waals surface area contributed by atoms with Gasteiger partial charge < -0.3 is 8.98 Å². The first-order valence-electron chi connectivity index (χ1n) is 10.8. The van der Waals surface area contributed by atoms with Gasteiger partial charge in [0.05, 0.1) is 0 Å². The Hall–Kier alpha value is -4.36. The molecule has 0 radical (unpaired) electrons. The zero-order valence-corrected chi connectivity index (χ0v) is 18.8. The largest absolute Gasteiger partial charge is 0.436 e. The number of hydrogen-bond donors (Lipinski definition) is 0. The van der Waals surface area contributed by atoms with Gasteiger partial charge in [-0.05, 0) is 25.5 Å². The van der Waals surface area contributed by atoms with Crippen LogP contribution in [0.4, 0.5) is 5.88 Å². The van der Waals surface area contributed by atoms with E-state index in [2.05, 4.69) is 27.8 Å². The van der Waals surface area contributed by atoms with Crippen molar-refractivity contribution in [1.29, 1.82) is 5.26 Å². The molecule has 0 spiro atoms. The molecule has 0 N–H and O–H groups in total. The van der Waals surface area contributed by atoms with Crippen LogP contribution in [0.25, 0.3) is 33.4 Å². The monoisotopic (exact) mass is 429 g/mol. The molecule has 0 aliphatic heterocycles. The second kappa shape index (κ2) is 8.29. The highest BCUT2D eigenvalue weighted by atomic mass is 16.4. The Morgan fingerprint density at radius 1 is 0.879 bits per heavy atom. The van der Waals surface area contributed by atoms with E-state index in [1.54, 1.807) is 6.21 Å². The number of para-hydroxylation sites is 1. The number of aromatic nitrogens is 1. The summed E-state index contributed by atoms with van der Waals surface area (Å²) in [5, 5.41) is 11.2. The highest BCUT2D eigenvalue weighted by Gasteiger charge is 2.22. The summed E-state index contributed by atoms with van der Waals surface area (Å²) in [6.07, 6.45) is 3.81. The van der Waals surface area contributed by atoms with Gasteiger partial charge in [-0.3, -0.25) is 0 Å². The van der Waals surface area contributed by atoms with Gasteiger partial charge in [-0.25, -0.2) is 4.99 Å². The Morgan fingerprint density at radius 2 is 1.52 bits per heavy atom. The minimum absolute atomic E-state index is 0.316. The third-order valence-electron chi connectivity index (χ3n) is 5.90. The van der Waals surface area contributed by atoms with Crippen molar-refractivity contribution in [2.24, 2.45) is 12.0 Å². The fraction of sp³-hybridized carbons (Fsp3) is 0.103. The topological polar surface area (TPSA) is 54.2 Å². The molecular formula is C29H23N3O. The number of furan rings is 1. The molecule has 0 saturated heterocycles. The van der Waals surface area contributed by atoms with Gasteiger partial charge in [-0.2, -0.15) is 5.26 Å². The third-order valence-corrected chi connectivity index (χ3v) is 5.90. The van der Waals surface area contributed by atoms with Gasteiger partial charge in [0.2, 0.25) is 5.88 Å². The first-order valence-corrected chi connectivity index (χ1v) is 10.8. The molecule has 0 unspecified atom stereocenters. The molecule has 0 amide bonds. The van der Waals surface area contributed by atoms with Crippen LogP contribution < -0.4 is 0 Å². The van der Waals surface area contributed by atoms with Gasteiger partial charge in [0.15, 0.2) is 0 Å². The average molecular weight is 430 g/mol. The maximum absolute atomic E-state index is 10.1. The molecule has 2 aromatic heterocycles. The standard InChI is InChI=1S/C29H23N3O/c1-19-8-12-21(13-9-19)27-25(16-30)29(33-28(27)22-14-10-20(2)11-15-22)31-17-23-18-32(3)26-7-5-4-6-24(23)26/h4-15,17-18H,1-3H3. The van der Waals surface area contributed by atoms with Gasteiger partial charge in [0.1, 0.15) is 17.4 Å². The van der Waals surface area contributed by atoms with E-state index in [-0.39, 0.29) is 0 Å². The Balaban J connectivity index is 1.68. The fourth-order valence-corrected chi connectivity index (χ4v) is 4.12. The van der Waals surface area contributed by atoms with Crippen LogP contribution in [-0.4, -0.2) is 10.8 Å². The number of aryl methyl sites for hydroxylation is 3. The summed E-state index contributed by atoms with van der Waals surface area (Å²) in [5.74, 6) is 0.969. The third kappa shape index (κ3) is 3.75. The van der Waals surface area contributed by atoms with Crippen LogP contribution in [0.15, 0.2) is 88.4 Å². The summed E-state index contributed by atoms with van der Waals surface area (Å²) < 4.78 is 8.33. The van der Waals surface area contributed by atoms with Crippen LogP contribution in [0.3, 0.4) is 0 Å². The number of aliphatic imine (C=N–C) groups is 1. The van der Waals surface area contributed by atoms with Crippen molar-refractivity contribution >= 4 is 23.0 Å². The van der Waals surface area contributed by atoms with E-state index in [4.69, 9.17) is 4.42 Å². The maximum Gasteiger partial charge on any atom is 0.238 e. The van der Waals surface area contributed by atoms with Crippen molar-refractivity contribution in [3.63, 3.8) is 0 Å².